The average Bonchev–Trinajstić information content (AvgIpc) is 3.14. The molecule has 0 radical (unpaired) electrons. The van der Waals surface area contributed by atoms with E-state index < -0.39 is 6.10 Å². The first-order chi connectivity index (χ1) is 14.7. The molecule has 2 aromatic carbocycles. The molecule has 0 bridgehead atoms. The first-order valence-corrected chi connectivity index (χ1v) is 10.8. The van der Waals surface area contributed by atoms with Crippen molar-refractivity contribution in [3.05, 3.63) is 70.5 Å². The number of hydrogen-bond acceptors (Lipinski definition) is 5. The summed E-state index contributed by atoms with van der Waals surface area (Å²) in [5.74, 6) is -0.282. The minimum atomic E-state index is -0.682. The summed E-state index contributed by atoms with van der Waals surface area (Å²) in [6.07, 6.45) is -0.258. The molecule has 7 heteroatoms. The minimum absolute atomic E-state index is 0.185. The molecule has 0 amide bonds. The van der Waals surface area contributed by atoms with Gasteiger partial charge in [-0.2, -0.15) is 0 Å². The van der Waals surface area contributed by atoms with E-state index in [4.69, 9.17) is 21.2 Å². The van der Waals surface area contributed by atoms with Gasteiger partial charge in [0.25, 0.3) is 0 Å². The second-order valence-electron chi connectivity index (χ2n) is 8.85. The summed E-state index contributed by atoms with van der Waals surface area (Å²) < 4.78 is 19.4. The Bertz CT molecular complexity index is 900. The lowest BCUT2D eigenvalue weighted by Crippen LogP contribution is -2.40. The van der Waals surface area contributed by atoms with Gasteiger partial charge in [0, 0.05) is 36.6 Å². The highest BCUT2D eigenvalue weighted by Gasteiger charge is 2.27. The molecule has 0 aliphatic carbocycles. The van der Waals surface area contributed by atoms with E-state index in [0.29, 0.717) is 31.1 Å². The van der Waals surface area contributed by atoms with Crippen LogP contribution in [0.5, 0.6) is 0 Å². The quantitative estimate of drug-likeness (QED) is 0.606. The van der Waals surface area contributed by atoms with Crippen molar-refractivity contribution in [3.8, 4) is 0 Å². The van der Waals surface area contributed by atoms with Crippen LogP contribution in [0.1, 0.15) is 38.3 Å². The van der Waals surface area contributed by atoms with Crippen LogP contribution in [-0.4, -0.2) is 53.2 Å². The molecule has 0 fully saturated rings. The van der Waals surface area contributed by atoms with E-state index in [2.05, 4.69) is 5.16 Å². The molecule has 1 heterocycles. The molecular weight excluding hydrogens is 419 g/mol. The van der Waals surface area contributed by atoms with Gasteiger partial charge in [-0.1, -0.05) is 47.1 Å². The van der Waals surface area contributed by atoms with Gasteiger partial charge in [-0.25, -0.2) is 4.39 Å². The lowest BCUT2D eigenvalue weighted by molar-refractivity contribution is -0.0600. The zero-order chi connectivity index (χ0) is 22.4. The van der Waals surface area contributed by atoms with Crippen molar-refractivity contribution in [2.24, 2.45) is 5.16 Å². The van der Waals surface area contributed by atoms with E-state index in [0.717, 1.165) is 16.8 Å². The van der Waals surface area contributed by atoms with Crippen molar-refractivity contribution in [1.82, 2.24) is 4.90 Å². The fourth-order valence-corrected chi connectivity index (χ4v) is 3.71. The Morgan fingerprint density at radius 1 is 1.26 bits per heavy atom. The first-order valence-electron chi connectivity index (χ1n) is 10.5. The zero-order valence-corrected chi connectivity index (χ0v) is 19.0. The highest BCUT2D eigenvalue weighted by Crippen LogP contribution is 2.24. The van der Waals surface area contributed by atoms with Gasteiger partial charge in [-0.3, -0.25) is 4.90 Å². The van der Waals surface area contributed by atoms with Crippen molar-refractivity contribution in [3.63, 3.8) is 0 Å². The van der Waals surface area contributed by atoms with E-state index in [1.54, 1.807) is 6.07 Å². The van der Waals surface area contributed by atoms with Gasteiger partial charge in [-0.15, -0.1) is 0 Å². The number of oxime groups is 1. The maximum Gasteiger partial charge on any atom is 0.145 e. The largest absolute Gasteiger partial charge is 0.390 e. The van der Waals surface area contributed by atoms with Crippen LogP contribution in [0, 0.1) is 5.82 Å². The summed E-state index contributed by atoms with van der Waals surface area (Å²) >= 11 is 6.29. The standard InChI is InChI=1S/C24H30ClFN2O3/c1-24(2,3)30-16-19(29)14-28(13-17-7-6-8-18(26)11-17)15-20-12-23(27-31-20)21-9-4-5-10-22(21)25/h4-11,19-20,29H,12-16H2,1-3H3. The summed E-state index contributed by atoms with van der Waals surface area (Å²) in [6, 6.07) is 14.0. The van der Waals surface area contributed by atoms with E-state index >= 15 is 0 Å². The third-order valence-corrected chi connectivity index (χ3v) is 5.18. The summed E-state index contributed by atoms with van der Waals surface area (Å²) in [5.41, 5.74) is 2.16. The molecule has 1 aliphatic heterocycles. The third kappa shape index (κ3) is 7.58. The Hall–Kier alpha value is -1.99. The molecule has 0 aromatic heterocycles. The predicted octanol–water partition coefficient (Wildman–Crippen LogP) is 4.65. The summed E-state index contributed by atoms with van der Waals surface area (Å²) in [6.45, 7) is 7.44. The van der Waals surface area contributed by atoms with Crippen molar-refractivity contribution in [1.29, 1.82) is 0 Å². The number of hydrogen-bond donors (Lipinski definition) is 1. The highest BCUT2D eigenvalue weighted by atomic mass is 35.5. The van der Waals surface area contributed by atoms with Gasteiger partial charge >= 0.3 is 0 Å². The van der Waals surface area contributed by atoms with Crippen LogP contribution in [0.2, 0.25) is 5.02 Å². The molecule has 0 saturated carbocycles. The zero-order valence-electron chi connectivity index (χ0n) is 18.2. The maximum atomic E-state index is 13.7. The number of rotatable bonds is 9. The Balaban J connectivity index is 1.64. The molecule has 1 aliphatic rings. The fourth-order valence-electron chi connectivity index (χ4n) is 3.46. The van der Waals surface area contributed by atoms with Crippen LogP contribution in [0.25, 0.3) is 0 Å². The van der Waals surface area contributed by atoms with Crippen molar-refractivity contribution < 1.29 is 19.1 Å². The second-order valence-corrected chi connectivity index (χ2v) is 9.26. The Labute approximate surface area is 188 Å². The lowest BCUT2D eigenvalue weighted by atomic mass is 10.0. The van der Waals surface area contributed by atoms with Crippen LogP contribution in [0.3, 0.4) is 0 Å². The van der Waals surface area contributed by atoms with Crippen molar-refractivity contribution in [2.75, 3.05) is 19.7 Å². The molecule has 31 heavy (non-hydrogen) atoms. The maximum absolute atomic E-state index is 13.7. The van der Waals surface area contributed by atoms with Crippen molar-refractivity contribution in [2.45, 2.75) is 51.5 Å². The molecule has 168 valence electrons. The minimum Gasteiger partial charge on any atom is -0.390 e. The van der Waals surface area contributed by atoms with Crippen molar-refractivity contribution >= 4 is 17.3 Å². The third-order valence-electron chi connectivity index (χ3n) is 4.85. The molecular formula is C24H30ClFN2O3. The smallest absolute Gasteiger partial charge is 0.145 e. The van der Waals surface area contributed by atoms with E-state index in [1.807, 2.05) is 56.0 Å². The van der Waals surface area contributed by atoms with Gasteiger partial charge in [0.05, 0.1) is 24.0 Å². The van der Waals surface area contributed by atoms with Crippen LogP contribution >= 0.6 is 11.6 Å². The van der Waals surface area contributed by atoms with E-state index in [-0.39, 0.29) is 24.1 Å². The Kier molecular flexibility index (Phi) is 8.06. The van der Waals surface area contributed by atoms with E-state index in [1.165, 1.54) is 12.1 Å². The molecule has 0 spiro atoms. The Morgan fingerprint density at radius 3 is 2.74 bits per heavy atom. The molecule has 3 rings (SSSR count). The Morgan fingerprint density at radius 2 is 2.03 bits per heavy atom. The topological polar surface area (TPSA) is 54.3 Å². The summed E-state index contributed by atoms with van der Waals surface area (Å²) in [7, 11) is 0. The van der Waals surface area contributed by atoms with Crippen LogP contribution in [0.4, 0.5) is 4.39 Å². The number of halogens is 2. The number of benzene rings is 2. The van der Waals surface area contributed by atoms with Gasteiger partial charge < -0.3 is 14.7 Å². The van der Waals surface area contributed by atoms with Gasteiger partial charge in [0.2, 0.25) is 0 Å². The molecule has 1 N–H and O–H groups in total. The number of aliphatic hydroxyl groups is 1. The predicted molar refractivity (Wildman–Crippen MR) is 121 cm³/mol. The molecule has 2 atom stereocenters. The van der Waals surface area contributed by atoms with Crippen LogP contribution in [0.15, 0.2) is 53.7 Å². The normalized spacial score (nSPS) is 17.5. The monoisotopic (exact) mass is 448 g/mol. The van der Waals surface area contributed by atoms with Gasteiger partial charge in [-0.05, 0) is 44.5 Å². The summed E-state index contributed by atoms with van der Waals surface area (Å²) in [4.78, 5) is 7.71. The molecule has 2 aromatic rings. The molecule has 2 unspecified atom stereocenters. The lowest BCUT2D eigenvalue weighted by Gasteiger charge is -2.28. The molecule has 5 nitrogen and oxygen atoms in total. The van der Waals surface area contributed by atoms with Gasteiger partial charge in [0.15, 0.2) is 0 Å². The number of nitrogens with zero attached hydrogens (tertiary/aromatic N) is 2. The average molecular weight is 449 g/mol. The fraction of sp³-hybridized carbons (Fsp3) is 0.458. The van der Waals surface area contributed by atoms with Crippen LogP contribution < -0.4 is 0 Å². The molecule has 0 saturated heterocycles. The highest BCUT2D eigenvalue weighted by molar-refractivity contribution is 6.34. The SMILES string of the molecule is CC(C)(C)OCC(O)CN(Cc1cccc(F)c1)CC1CC(c2ccccc2Cl)=NO1. The number of ether oxygens (including phenoxy) is 1. The first kappa shape index (κ1) is 23.7. The van der Waals surface area contributed by atoms with E-state index in [9.17, 15) is 9.50 Å². The summed E-state index contributed by atoms with van der Waals surface area (Å²) in [5, 5.41) is 15.4. The number of aliphatic hydroxyl groups excluding tert-OH is 1. The van der Waals surface area contributed by atoms with Crippen LogP contribution in [-0.2, 0) is 16.1 Å². The van der Waals surface area contributed by atoms with Gasteiger partial charge in [0.1, 0.15) is 11.9 Å². The second kappa shape index (κ2) is 10.6.